The van der Waals surface area contributed by atoms with E-state index in [4.69, 9.17) is 0 Å². The molecule has 0 fully saturated rings. The molecule has 2 rings (SSSR count). The highest BCUT2D eigenvalue weighted by molar-refractivity contribution is 7.19. The average Bonchev–Trinajstić information content (AvgIpc) is 2.86. The zero-order valence-electron chi connectivity index (χ0n) is 11.1. The number of nitrogens with one attached hydrogen (secondary N) is 1. The van der Waals surface area contributed by atoms with Crippen molar-refractivity contribution >= 4 is 27.3 Å². The fraction of sp³-hybridized carbons (Fsp3) is 0.400. The van der Waals surface area contributed by atoms with Crippen LogP contribution in [0, 0.1) is 0 Å². The summed E-state index contributed by atoms with van der Waals surface area (Å²) in [6.45, 7) is 2.34. The predicted molar refractivity (Wildman–Crippen MR) is 79.3 cm³/mol. The number of fused-ring (bicyclic) bond motifs is 1. The number of hydrogen-bond donors (Lipinski definition) is 2. The summed E-state index contributed by atoms with van der Waals surface area (Å²) in [6.07, 6.45) is 1.81. The predicted octanol–water partition coefficient (Wildman–Crippen LogP) is 3.24. The van der Waals surface area contributed by atoms with Crippen molar-refractivity contribution in [2.45, 2.75) is 32.3 Å². The third kappa shape index (κ3) is 3.78. The maximum absolute atomic E-state index is 11.5. The second kappa shape index (κ2) is 6.68. The minimum Gasteiger partial charge on any atom is -0.386 e. The molecule has 1 aromatic carbocycles. The van der Waals surface area contributed by atoms with Crippen LogP contribution in [0.1, 0.15) is 37.2 Å². The summed E-state index contributed by atoms with van der Waals surface area (Å²) in [6, 6.07) is 10.0. The van der Waals surface area contributed by atoms with Crippen LogP contribution >= 0.6 is 11.3 Å². The second-order valence-electron chi connectivity index (χ2n) is 4.61. The van der Waals surface area contributed by atoms with E-state index in [2.05, 4.69) is 12.2 Å². The maximum atomic E-state index is 11.5. The smallest absolute Gasteiger partial charge is 0.220 e. The van der Waals surface area contributed by atoms with Gasteiger partial charge in [0, 0.05) is 22.5 Å². The number of benzene rings is 1. The van der Waals surface area contributed by atoms with E-state index in [1.807, 2.05) is 30.3 Å². The van der Waals surface area contributed by atoms with Crippen LogP contribution < -0.4 is 5.32 Å². The fourth-order valence-electron chi connectivity index (χ4n) is 1.90. The maximum Gasteiger partial charge on any atom is 0.220 e. The highest BCUT2D eigenvalue weighted by Crippen LogP contribution is 2.29. The van der Waals surface area contributed by atoms with Crippen LogP contribution in [0.15, 0.2) is 30.3 Å². The lowest BCUT2D eigenvalue weighted by atomic mass is 10.2. The summed E-state index contributed by atoms with van der Waals surface area (Å²) in [4.78, 5) is 12.4. The summed E-state index contributed by atoms with van der Waals surface area (Å²) in [5, 5.41) is 14.0. The number of carbonyl (C=O) groups is 1. The van der Waals surface area contributed by atoms with Crippen LogP contribution in [0.3, 0.4) is 0 Å². The van der Waals surface area contributed by atoms with E-state index < -0.39 is 6.10 Å². The average molecular weight is 277 g/mol. The lowest BCUT2D eigenvalue weighted by Gasteiger charge is -2.09. The Hall–Kier alpha value is -1.39. The highest BCUT2D eigenvalue weighted by atomic mass is 32.1. The summed E-state index contributed by atoms with van der Waals surface area (Å²) in [7, 11) is 0. The lowest BCUT2D eigenvalue weighted by Crippen LogP contribution is -2.27. The van der Waals surface area contributed by atoms with Gasteiger partial charge in [-0.3, -0.25) is 4.79 Å². The van der Waals surface area contributed by atoms with Gasteiger partial charge in [-0.25, -0.2) is 0 Å². The minimum atomic E-state index is -0.622. The Morgan fingerprint density at radius 2 is 2.21 bits per heavy atom. The molecular formula is C15H19NO2S. The third-order valence-corrected chi connectivity index (χ3v) is 4.24. The molecule has 0 bridgehead atoms. The van der Waals surface area contributed by atoms with E-state index in [1.165, 1.54) is 0 Å². The number of thiophene rings is 1. The molecule has 0 radical (unpaired) electrons. The topological polar surface area (TPSA) is 49.3 Å². The number of hydrogen-bond acceptors (Lipinski definition) is 3. The van der Waals surface area contributed by atoms with Crippen molar-refractivity contribution < 1.29 is 9.90 Å². The molecule has 0 spiro atoms. The minimum absolute atomic E-state index is 0.0158. The zero-order valence-corrected chi connectivity index (χ0v) is 11.9. The third-order valence-electron chi connectivity index (χ3n) is 3.02. The summed E-state index contributed by atoms with van der Waals surface area (Å²) in [5.41, 5.74) is 0. The van der Waals surface area contributed by atoms with Gasteiger partial charge in [0.2, 0.25) is 5.91 Å². The number of unbranched alkanes of at least 4 members (excludes halogenated alkanes) is 1. The summed E-state index contributed by atoms with van der Waals surface area (Å²) in [5.74, 6) is 0.0158. The van der Waals surface area contributed by atoms with Crippen LogP contribution in [0.25, 0.3) is 10.1 Å². The Kier molecular flexibility index (Phi) is 4.93. The van der Waals surface area contributed by atoms with Gasteiger partial charge < -0.3 is 10.4 Å². The lowest BCUT2D eigenvalue weighted by molar-refractivity contribution is -0.121. The van der Waals surface area contributed by atoms with E-state index in [0.717, 1.165) is 27.8 Å². The van der Waals surface area contributed by atoms with Gasteiger partial charge in [0.05, 0.1) is 0 Å². The SMILES string of the molecule is CCCCC(=O)NCC(O)c1cc2ccccc2s1. The molecule has 1 heterocycles. The second-order valence-corrected chi connectivity index (χ2v) is 5.73. The number of aliphatic hydroxyl groups is 1. The van der Waals surface area contributed by atoms with Crippen molar-refractivity contribution in [3.63, 3.8) is 0 Å². The molecule has 0 aliphatic rings. The number of amides is 1. The monoisotopic (exact) mass is 277 g/mol. The van der Waals surface area contributed by atoms with Crippen molar-refractivity contribution in [3.8, 4) is 0 Å². The van der Waals surface area contributed by atoms with Crippen LogP contribution in [-0.4, -0.2) is 17.6 Å². The molecule has 1 aromatic heterocycles. The van der Waals surface area contributed by atoms with Crippen molar-refractivity contribution in [1.29, 1.82) is 0 Å². The van der Waals surface area contributed by atoms with Gasteiger partial charge in [0.25, 0.3) is 0 Å². The highest BCUT2D eigenvalue weighted by Gasteiger charge is 2.12. The van der Waals surface area contributed by atoms with E-state index in [1.54, 1.807) is 11.3 Å². The first-order chi connectivity index (χ1) is 9.20. The molecule has 3 nitrogen and oxygen atoms in total. The molecule has 102 valence electrons. The molecule has 4 heteroatoms. The Labute approximate surface area is 117 Å². The van der Waals surface area contributed by atoms with Crippen molar-refractivity contribution in [3.05, 3.63) is 35.2 Å². The first-order valence-corrected chi connectivity index (χ1v) is 7.45. The quantitative estimate of drug-likeness (QED) is 0.851. The van der Waals surface area contributed by atoms with Gasteiger partial charge >= 0.3 is 0 Å². The van der Waals surface area contributed by atoms with Gasteiger partial charge in [-0.05, 0) is 23.9 Å². The molecule has 1 unspecified atom stereocenters. The van der Waals surface area contributed by atoms with Gasteiger partial charge in [-0.15, -0.1) is 11.3 Å². The Morgan fingerprint density at radius 1 is 1.42 bits per heavy atom. The van der Waals surface area contributed by atoms with Crippen molar-refractivity contribution in [1.82, 2.24) is 5.32 Å². The van der Waals surface area contributed by atoms with E-state index in [0.29, 0.717) is 6.42 Å². The first-order valence-electron chi connectivity index (χ1n) is 6.64. The van der Waals surface area contributed by atoms with E-state index in [-0.39, 0.29) is 12.5 Å². The molecule has 2 N–H and O–H groups in total. The number of carbonyl (C=O) groups excluding carboxylic acids is 1. The first kappa shape index (κ1) is 14.0. The number of aliphatic hydroxyl groups excluding tert-OH is 1. The molecule has 0 saturated carbocycles. The molecule has 0 aliphatic heterocycles. The number of rotatable bonds is 6. The molecule has 19 heavy (non-hydrogen) atoms. The van der Waals surface area contributed by atoms with Crippen LogP contribution in [0.5, 0.6) is 0 Å². The van der Waals surface area contributed by atoms with Gasteiger partial charge in [-0.1, -0.05) is 31.5 Å². The van der Waals surface area contributed by atoms with Crippen LogP contribution in [0.4, 0.5) is 0 Å². The Morgan fingerprint density at radius 3 is 2.95 bits per heavy atom. The Bertz CT molecular complexity index is 517. The zero-order chi connectivity index (χ0) is 13.7. The molecular weight excluding hydrogens is 258 g/mol. The molecule has 0 saturated heterocycles. The van der Waals surface area contributed by atoms with Crippen LogP contribution in [0.2, 0.25) is 0 Å². The largest absolute Gasteiger partial charge is 0.386 e. The summed E-state index contributed by atoms with van der Waals surface area (Å²) < 4.78 is 1.16. The molecule has 0 aliphatic carbocycles. The van der Waals surface area contributed by atoms with Crippen molar-refractivity contribution in [2.75, 3.05) is 6.54 Å². The van der Waals surface area contributed by atoms with E-state index in [9.17, 15) is 9.90 Å². The molecule has 1 atom stereocenters. The van der Waals surface area contributed by atoms with Gasteiger partial charge in [0.15, 0.2) is 0 Å². The summed E-state index contributed by atoms with van der Waals surface area (Å²) >= 11 is 1.57. The van der Waals surface area contributed by atoms with E-state index >= 15 is 0 Å². The molecule has 2 aromatic rings. The Balaban J connectivity index is 1.92. The van der Waals surface area contributed by atoms with Gasteiger partial charge in [-0.2, -0.15) is 0 Å². The standard InChI is InChI=1S/C15H19NO2S/c1-2-3-8-15(18)16-10-12(17)14-9-11-6-4-5-7-13(11)19-14/h4-7,9,12,17H,2-3,8,10H2,1H3,(H,16,18). The fourth-order valence-corrected chi connectivity index (χ4v) is 2.95. The van der Waals surface area contributed by atoms with Gasteiger partial charge in [0.1, 0.15) is 6.10 Å². The molecule has 1 amide bonds. The normalized spacial score (nSPS) is 12.5. The van der Waals surface area contributed by atoms with Crippen molar-refractivity contribution in [2.24, 2.45) is 0 Å². The van der Waals surface area contributed by atoms with Crippen LogP contribution in [-0.2, 0) is 4.79 Å².